The van der Waals surface area contributed by atoms with Gasteiger partial charge in [0, 0.05) is 67.9 Å². The van der Waals surface area contributed by atoms with Crippen molar-refractivity contribution in [1.29, 1.82) is 0 Å². The van der Waals surface area contributed by atoms with Crippen molar-refractivity contribution in [2.45, 2.75) is 12.8 Å². The number of nitrogens with zero attached hydrogens (tertiary/aromatic N) is 5. The van der Waals surface area contributed by atoms with E-state index < -0.39 is 0 Å². The number of morpholine rings is 1. The minimum atomic E-state index is 0.605. The molecule has 0 amide bonds. The van der Waals surface area contributed by atoms with Gasteiger partial charge in [-0.15, -0.1) is 0 Å². The Hall–Kier alpha value is -3.58. The van der Waals surface area contributed by atoms with Crippen LogP contribution in [0.3, 0.4) is 0 Å². The first kappa shape index (κ1) is 20.3. The summed E-state index contributed by atoms with van der Waals surface area (Å²) in [7, 11) is 0. The van der Waals surface area contributed by atoms with Crippen molar-refractivity contribution < 1.29 is 4.74 Å². The third-order valence-corrected chi connectivity index (χ3v) is 5.80. The maximum absolute atomic E-state index is 5.48. The summed E-state index contributed by atoms with van der Waals surface area (Å²) in [5.74, 6) is 0.605. The van der Waals surface area contributed by atoms with Gasteiger partial charge in [-0.2, -0.15) is 0 Å². The van der Waals surface area contributed by atoms with Crippen LogP contribution in [0, 0.1) is 0 Å². The number of anilines is 1. The number of pyridine rings is 2. The Morgan fingerprint density at radius 1 is 1.06 bits per heavy atom. The largest absolute Gasteiger partial charge is 0.382 e. The van der Waals surface area contributed by atoms with E-state index in [2.05, 4.69) is 43.9 Å². The molecule has 7 heteroatoms. The molecule has 32 heavy (non-hydrogen) atoms. The first-order chi connectivity index (χ1) is 15.8. The zero-order valence-corrected chi connectivity index (χ0v) is 18.0. The second-order valence-electron chi connectivity index (χ2n) is 7.88. The van der Waals surface area contributed by atoms with Gasteiger partial charge in [0.2, 0.25) is 0 Å². The summed E-state index contributed by atoms with van der Waals surface area (Å²) in [5.41, 5.74) is 7.30. The highest BCUT2D eigenvalue weighted by molar-refractivity contribution is 5.84. The predicted octanol–water partition coefficient (Wildman–Crippen LogP) is 2.89. The molecular weight excluding hydrogens is 400 g/mol. The Bertz CT molecular complexity index is 1120. The first-order valence-electron chi connectivity index (χ1n) is 11.0. The van der Waals surface area contributed by atoms with E-state index >= 15 is 0 Å². The fourth-order valence-electron chi connectivity index (χ4n) is 4.04. The van der Waals surface area contributed by atoms with Gasteiger partial charge in [0.25, 0.3) is 0 Å². The van der Waals surface area contributed by atoms with Crippen molar-refractivity contribution in [1.82, 2.24) is 25.3 Å². The second kappa shape index (κ2) is 9.28. The van der Waals surface area contributed by atoms with E-state index in [1.165, 1.54) is 0 Å². The highest BCUT2D eigenvalue weighted by atomic mass is 16.5. The molecule has 1 aliphatic heterocycles. The van der Waals surface area contributed by atoms with E-state index in [1.807, 2.05) is 36.8 Å². The SMILES string of the molecule is C=C(NCCc1ccccn1)c1ncc(C2=CCc3ncc(N4CCOCC4)cc32)cn1. The molecular formula is C25H26N6O. The highest BCUT2D eigenvalue weighted by Gasteiger charge is 2.20. The molecule has 0 bridgehead atoms. The lowest BCUT2D eigenvalue weighted by Crippen LogP contribution is -2.36. The zero-order chi connectivity index (χ0) is 21.8. The average molecular weight is 427 g/mol. The van der Waals surface area contributed by atoms with E-state index in [0.717, 1.165) is 79.5 Å². The molecule has 3 aromatic rings. The molecule has 0 spiro atoms. The van der Waals surface area contributed by atoms with Crippen LogP contribution in [0.1, 0.15) is 28.3 Å². The number of rotatable bonds is 7. The van der Waals surface area contributed by atoms with Gasteiger partial charge in [0.15, 0.2) is 5.82 Å². The summed E-state index contributed by atoms with van der Waals surface area (Å²) in [6.45, 7) is 8.13. The quantitative estimate of drug-likeness (QED) is 0.623. The van der Waals surface area contributed by atoms with Crippen molar-refractivity contribution in [3.8, 4) is 0 Å². The Balaban J connectivity index is 1.25. The van der Waals surface area contributed by atoms with Gasteiger partial charge in [-0.1, -0.05) is 18.7 Å². The summed E-state index contributed by atoms with van der Waals surface area (Å²) in [6, 6.07) is 8.16. The van der Waals surface area contributed by atoms with Gasteiger partial charge >= 0.3 is 0 Å². The van der Waals surface area contributed by atoms with Crippen molar-refractivity contribution >= 4 is 17.0 Å². The molecule has 0 unspecified atom stereocenters. The molecule has 1 N–H and O–H groups in total. The number of fused-ring (bicyclic) bond motifs is 1. The van der Waals surface area contributed by atoms with Gasteiger partial charge < -0.3 is 15.0 Å². The molecule has 2 aliphatic rings. The van der Waals surface area contributed by atoms with E-state index in [-0.39, 0.29) is 0 Å². The van der Waals surface area contributed by atoms with Crippen LogP contribution in [0.15, 0.2) is 61.7 Å². The van der Waals surface area contributed by atoms with E-state index in [1.54, 1.807) is 6.20 Å². The number of allylic oxidation sites excluding steroid dienone is 1. The minimum Gasteiger partial charge on any atom is -0.382 e. The van der Waals surface area contributed by atoms with Gasteiger partial charge in [0.1, 0.15) is 0 Å². The predicted molar refractivity (Wildman–Crippen MR) is 125 cm³/mol. The Labute approximate surface area is 187 Å². The standard InChI is InChI=1S/C25H26N6O/c1-18(26-9-7-20-4-2-3-8-27-20)25-29-15-19(16-30-25)22-5-6-24-23(22)14-21(17-28-24)31-10-12-32-13-11-31/h2-5,8,14-17,26H,1,6-7,9-13H2. The summed E-state index contributed by atoms with van der Waals surface area (Å²) in [4.78, 5) is 20.5. The molecule has 1 aliphatic carbocycles. The molecule has 0 radical (unpaired) electrons. The van der Waals surface area contributed by atoms with Crippen molar-refractivity contribution in [2.24, 2.45) is 0 Å². The van der Waals surface area contributed by atoms with E-state index in [0.29, 0.717) is 11.5 Å². The van der Waals surface area contributed by atoms with E-state index in [9.17, 15) is 0 Å². The summed E-state index contributed by atoms with van der Waals surface area (Å²) in [6.07, 6.45) is 11.4. The molecule has 0 saturated carbocycles. The van der Waals surface area contributed by atoms with Crippen LogP contribution >= 0.6 is 0 Å². The maximum Gasteiger partial charge on any atom is 0.174 e. The number of hydrogen-bond acceptors (Lipinski definition) is 7. The maximum atomic E-state index is 5.48. The lowest BCUT2D eigenvalue weighted by atomic mass is 10.0. The van der Waals surface area contributed by atoms with Crippen LogP contribution in [0.5, 0.6) is 0 Å². The molecule has 1 saturated heterocycles. The number of nitrogens with one attached hydrogen (secondary N) is 1. The number of ether oxygens (including phenoxy) is 1. The van der Waals surface area contributed by atoms with Crippen LogP contribution in [-0.4, -0.2) is 52.8 Å². The number of aromatic nitrogens is 4. The lowest BCUT2D eigenvalue weighted by Gasteiger charge is -2.29. The lowest BCUT2D eigenvalue weighted by molar-refractivity contribution is 0.122. The van der Waals surface area contributed by atoms with Crippen LogP contribution < -0.4 is 10.2 Å². The Kier molecular flexibility index (Phi) is 5.89. The average Bonchev–Trinajstić information content (AvgIpc) is 3.28. The van der Waals surface area contributed by atoms with Gasteiger partial charge in [0.05, 0.1) is 36.5 Å². The third kappa shape index (κ3) is 4.38. The normalized spacial score (nSPS) is 15.2. The molecule has 0 aromatic carbocycles. The second-order valence-corrected chi connectivity index (χ2v) is 7.88. The van der Waals surface area contributed by atoms with Crippen LogP contribution in [0.25, 0.3) is 11.3 Å². The fraction of sp³-hybridized carbons (Fsp3) is 0.280. The van der Waals surface area contributed by atoms with Gasteiger partial charge in [-0.3, -0.25) is 9.97 Å². The van der Waals surface area contributed by atoms with Crippen LogP contribution in [0.2, 0.25) is 0 Å². The van der Waals surface area contributed by atoms with Crippen LogP contribution in [0.4, 0.5) is 5.69 Å². The summed E-state index contributed by atoms with van der Waals surface area (Å²) < 4.78 is 5.48. The van der Waals surface area contributed by atoms with Crippen molar-refractivity contribution in [3.05, 3.63) is 90.0 Å². The molecule has 5 rings (SSSR count). The molecule has 4 heterocycles. The van der Waals surface area contributed by atoms with Crippen molar-refractivity contribution in [2.75, 3.05) is 37.7 Å². The van der Waals surface area contributed by atoms with Gasteiger partial charge in [-0.25, -0.2) is 9.97 Å². The monoisotopic (exact) mass is 426 g/mol. The summed E-state index contributed by atoms with van der Waals surface area (Å²) in [5, 5.41) is 3.30. The van der Waals surface area contributed by atoms with E-state index in [4.69, 9.17) is 9.72 Å². The minimum absolute atomic E-state index is 0.605. The first-order valence-corrected chi connectivity index (χ1v) is 11.0. The molecule has 1 fully saturated rings. The molecule has 7 nitrogen and oxygen atoms in total. The molecule has 3 aromatic heterocycles. The molecule has 0 atom stereocenters. The molecule has 162 valence electrons. The third-order valence-electron chi connectivity index (χ3n) is 5.80. The fourth-order valence-corrected chi connectivity index (χ4v) is 4.04. The zero-order valence-electron chi connectivity index (χ0n) is 18.0. The van der Waals surface area contributed by atoms with Crippen LogP contribution in [-0.2, 0) is 17.6 Å². The van der Waals surface area contributed by atoms with Crippen molar-refractivity contribution in [3.63, 3.8) is 0 Å². The highest BCUT2D eigenvalue weighted by Crippen LogP contribution is 2.33. The van der Waals surface area contributed by atoms with Gasteiger partial charge in [-0.05, 0) is 23.8 Å². The Morgan fingerprint density at radius 3 is 2.69 bits per heavy atom. The summed E-state index contributed by atoms with van der Waals surface area (Å²) >= 11 is 0. The Morgan fingerprint density at radius 2 is 1.91 bits per heavy atom. The topological polar surface area (TPSA) is 76.1 Å². The number of hydrogen-bond donors (Lipinski definition) is 1. The smallest absolute Gasteiger partial charge is 0.174 e.